The monoisotopic (exact) mass is 203 g/mol. The molecule has 3 atom stereocenters. The van der Waals surface area contributed by atoms with Gasteiger partial charge in [0.1, 0.15) is 0 Å². The van der Waals surface area contributed by atoms with Gasteiger partial charge in [-0.3, -0.25) is 0 Å². The fourth-order valence-corrected chi connectivity index (χ4v) is 3.19. The van der Waals surface area contributed by atoms with Gasteiger partial charge in [-0.05, 0) is 30.4 Å². The zero-order valence-corrected chi connectivity index (χ0v) is 8.91. The largest absolute Gasteiger partial charge is 0.634 e. The summed E-state index contributed by atoms with van der Waals surface area (Å²) in [4.78, 5) is 0. The van der Waals surface area contributed by atoms with E-state index in [0.717, 1.165) is 25.8 Å². The van der Waals surface area contributed by atoms with Crippen molar-refractivity contribution in [2.75, 3.05) is 6.54 Å². The second-order valence-corrected chi connectivity index (χ2v) is 4.90. The molecule has 0 aromatic heterocycles. The summed E-state index contributed by atoms with van der Waals surface area (Å²) in [5, 5.41) is 12.4. The molecule has 1 aromatic carbocycles. The van der Waals surface area contributed by atoms with E-state index in [1.54, 1.807) is 0 Å². The van der Waals surface area contributed by atoms with Crippen LogP contribution in [0.25, 0.3) is 0 Å². The third-order valence-electron chi connectivity index (χ3n) is 4.02. The summed E-state index contributed by atoms with van der Waals surface area (Å²) >= 11 is 0. The van der Waals surface area contributed by atoms with Crippen molar-refractivity contribution < 1.29 is 5.06 Å². The Labute approximate surface area is 90.5 Å². The van der Waals surface area contributed by atoms with E-state index in [0.29, 0.717) is 17.0 Å². The first-order valence-corrected chi connectivity index (χ1v) is 5.94. The Bertz CT molecular complexity index is 363. The Kier molecular flexibility index (Phi) is 2.26. The molecule has 2 aliphatic rings. The lowest BCUT2D eigenvalue weighted by Gasteiger charge is -2.43. The molecule has 0 amide bonds. The summed E-state index contributed by atoms with van der Waals surface area (Å²) in [5.74, 6) is 0.640. The summed E-state index contributed by atoms with van der Waals surface area (Å²) in [5.41, 5.74) is 2.89. The molecule has 80 valence electrons. The van der Waals surface area contributed by atoms with Gasteiger partial charge in [-0.2, -0.15) is 0 Å². The third-order valence-corrected chi connectivity index (χ3v) is 4.02. The molecular formula is C13H17NO. The molecule has 0 spiro atoms. The number of benzene rings is 1. The van der Waals surface area contributed by atoms with E-state index in [-0.39, 0.29) is 0 Å². The first-order valence-electron chi connectivity index (χ1n) is 5.94. The molecule has 2 nitrogen and oxygen atoms in total. The van der Waals surface area contributed by atoms with E-state index in [1.165, 1.54) is 17.5 Å². The molecule has 0 bridgehead atoms. The quantitative estimate of drug-likeness (QED) is 0.624. The second-order valence-electron chi connectivity index (χ2n) is 4.90. The maximum Gasteiger partial charge on any atom is 0.0944 e. The Morgan fingerprint density at radius 1 is 1.13 bits per heavy atom. The number of nitrogens with one attached hydrogen (secondary N) is 1. The van der Waals surface area contributed by atoms with Crippen molar-refractivity contribution in [1.29, 1.82) is 0 Å². The molecule has 1 N–H and O–H groups in total. The topological polar surface area (TPSA) is 27.5 Å². The number of piperidine rings is 1. The molecule has 2 heteroatoms. The van der Waals surface area contributed by atoms with Gasteiger partial charge in [0.15, 0.2) is 0 Å². The minimum atomic E-state index is 0.341. The van der Waals surface area contributed by atoms with Crippen molar-refractivity contribution in [3.63, 3.8) is 0 Å². The van der Waals surface area contributed by atoms with Gasteiger partial charge in [0.2, 0.25) is 0 Å². The van der Waals surface area contributed by atoms with Crippen LogP contribution in [0.2, 0.25) is 0 Å². The summed E-state index contributed by atoms with van der Waals surface area (Å²) in [7, 11) is 0. The highest BCUT2D eigenvalue weighted by atomic mass is 16.5. The molecule has 2 unspecified atom stereocenters. The van der Waals surface area contributed by atoms with Crippen LogP contribution in [0.1, 0.15) is 24.0 Å². The van der Waals surface area contributed by atoms with Crippen molar-refractivity contribution in [3.8, 4) is 0 Å². The second kappa shape index (κ2) is 3.62. The predicted molar refractivity (Wildman–Crippen MR) is 59.6 cm³/mol. The molecule has 1 aliphatic heterocycles. The SMILES string of the molecule is [O-][NH+]1CCC[C@H]2Cc3ccccc3CC21. The van der Waals surface area contributed by atoms with E-state index in [4.69, 9.17) is 0 Å². The van der Waals surface area contributed by atoms with Crippen LogP contribution in [0.3, 0.4) is 0 Å². The van der Waals surface area contributed by atoms with Crippen LogP contribution in [0.5, 0.6) is 0 Å². The van der Waals surface area contributed by atoms with Crippen LogP contribution >= 0.6 is 0 Å². The summed E-state index contributed by atoms with van der Waals surface area (Å²) in [6.45, 7) is 0.823. The highest BCUT2D eigenvalue weighted by Gasteiger charge is 2.35. The van der Waals surface area contributed by atoms with E-state index in [1.807, 2.05) is 0 Å². The number of hydrogen-bond donors (Lipinski definition) is 1. The van der Waals surface area contributed by atoms with Gasteiger partial charge >= 0.3 is 0 Å². The fourth-order valence-electron chi connectivity index (χ4n) is 3.19. The first kappa shape index (κ1) is 9.37. The number of fused-ring (bicyclic) bond motifs is 2. The van der Waals surface area contributed by atoms with Gasteiger partial charge in [-0.25, -0.2) is 0 Å². The van der Waals surface area contributed by atoms with Gasteiger partial charge in [-0.15, -0.1) is 0 Å². The number of rotatable bonds is 0. The molecule has 0 saturated carbocycles. The lowest BCUT2D eigenvalue weighted by molar-refractivity contribution is -0.886. The molecular weight excluding hydrogens is 186 g/mol. The average molecular weight is 203 g/mol. The molecule has 1 aromatic rings. The van der Waals surface area contributed by atoms with Crippen molar-refractivity contribution in [3.05, 3.63) is 40.6 Å². The normalized spacial score (nSPS) is 34.3. The van der Waals surface area contributed by atoms with E-state index in [9.17, 15) is 5.21 Å². The van der Waals surface area contributed by atoms with Crippen LogP contribution < -0.4 is 5.06 Å². The number of hydrogen-bond acceptors (Lipinski definition) is 1. The minimum Gasteiger partial charge on any atom is -0.634 e. The Morgan fingerprint density at radius 3 is 2.67 bits per heavy atom. The van der Waals surface area contributed by atoms with E-state index < -0.39 is 0 Å². The van der Waals surface area contributed by atoms with Crippen LogP contribution in [0, 0.1) is 11.1 Å². The van der Waals surface area contributed by atoms with Crippen molar-refractivity contribution in [2.45, 2.75) is 31.7 Å². The standard InChI is InChI=1S/C13H17NO/c15-14-7-3-6-12-8-10-4-1-2-5-11(10)9-13(12)14/h1-2,4-5,12-14H,3,6-9H2/t12-,13?/m0/s1. The van der Waals surface area contributed by atoms with Crippen LogP contribution in [-0.4, -0.2) is 12.6 Å². The van der Waals surface area contributed by atoms with E-state index in [2.05, 4.69) is 24.3 Å². The molecule has 3 rings (SSSR count). The maximum absolute atomic E-state index is 11.8. The zero-order valence-electron chi connectivity index (χ0n) is 8.91. The van der Waals surface area contributed by atoms with Crippen molar-refractivity contribution in [2.24, 2.45) is 5.92 Å². The average Bonchev–Trinajstić information content (AvgIpc) is 2.27. The molecule has 1 fully saturated rings. The Hall–Kier alpha value is -0.860. The minimum absolute atomic E-state index is 0.341. The third kappa shape index (κ3) is 1.58. The zero-order chi connectivity index (χ0) is 10.3. The highest BCUT2D eigenvalue weighted by Crippen LogP contribution is 2.28. The summed E-state index contributed by atoms with van der Waals surface area (Å²) in [6.07, 6.45) is 4.50. The molecule has 0 radical (unpaired) electrons. The van der Waals surface area contributed by atoms with Gasteiger partial charge < -0.3 is 10.3 Å². The van der Waals surface area contributed by atoms with Gasteiger partial charge in [0.25, 0.3) is 0 Å². The van der Waals surface area contributed by atoms with Gasteiger partial charge in [0.05, 0.1) is 12.6 Å². The van der Waals surface area contributed by atoms with Gasteiger partial charge in [-0.1, -0.05) is 24.3 Å². The summed E-state index contributed by atoms with van der Waals surface area (Å²) in [6, 6.07) is 8.96. The lowest BCUT2D eigenvalue weighted by Crippen LogP contribution is -3.13. The van der Waals surface area contributed by atoms with Crippen molar-refractivity contribution >= 4 is 0 Å². The lowest BCUT2D eigenvalue weighted by atomic mass is 9.76. The van der Waals surface area contributed by atoms with Crippen LogP contribution in [0.4, 0.5) is 0 Å². The number of quaternary nitrogens is 1. The molecule has 15 heavy (non-hydrogen) atoms. The predicted octanol–water partition coefficient (Wildman–Crippen LogP) is 0.946. The highest BCUT2D eigenvalue weighted by molar-refractivity contribution is 5.30. The molecule has 1 saturated heterocycles. The molecule has 1 heterocycles. The Morgan fingerprint density at radius 2 is 1.87 bits per heavy atom. The van der Waals surface area contributed by atoms with Gasteiger partial charge in [0, 0.05) is 12.3 Å². The first-order chi connectivity index (χ1) is 7.34. The number of hydroxylamine groups is 2. The van der Waals surface area contributed by atoms with E-state index >= 15 is 0 Å². The Balaban J connectivity index is 1.92. The smallest absolute Gasteiger partial charge is 0.0944 e. The summed E-state index contributed by atoms with van der Waals surface area (Å²) < 4.78 is 0. The van der Waals surface area contributed by atoms with Crippen LogP contribution in [-0.2, 0) is 12.8 Å². The fraction of sp³-hybridized carbons (Fsp3) is 0.538. The maximum atomic E-state index is 11.8. The molecule has 1 aliphatic carbocycles. The van der Waals surface area contributed by atoms with Crippen LogP contribution in [0.15, 0.2) is 24.3 Å². The van der Waals surface area contributed by atoms with Crippen molar-refractivity contribution in [1.82, 2.24) is 0 Å².